The number of ether oxygens (including phenoxy) is 1. The fourth-order valence-electron chi connectivity index (χ4n) is 2.07. The van der Waals surface area contributed by atoms with E-state index < -0.39 is 0 Å². The molecule has 0 fully saturated rings. The number of nitrogens with zero attached hydrogens (tertiary/aromatic N) is 2. The topological polar surface area (TPSA) is 53.1 Å². The first-order valence-corrected chi connectivity index (χ1v) is 7.49. The summed E-state index contributed by atoms with van der Waals surface area (Å²) in [5.74, 6) is 0. The van der Waals surface area contributed by atoms with Crippen LogP contribution >= 0.6 is 27.5 Å². The van der Waals surface area contributed by atoms with E-state index >= 15 is 0 Å². The van der Waals surface area contributed by atoms with Gasteiger partial charge in [0.1, 0.15) is 0 Å². The minimum Gasteiger partial charge on any atom is -0.383 e. The lowest BCUT2D eigenvalue weighted by atomic mass is 10.0. The number of hydrogen-bond donors (Lipinski definition) is 1. The molecule has 0 spiro atoms. The van der Waals surface area contributed by atoms with Crippen molar-refractivity contribution in [2.75, 3.05) is 13.7 Å². The average Bonchev–Trinajstić information content (AvgIpc) is 2.80. The van der Waals surface area contributed by atoms with E-state index in [2.05, 4.69) is 21.0 Å². The fraction of sp³-hybridized carbons (Fsp3) is 0.357. The van der Waals surface area contributed by atoms with E-state index in [-0.39, 0.29) is 6.04 Å². The Morgan fingerprint density at radius 1 is 1.40 bits per heavy atom. The van der Waals surface area contributed by atoms with Gasteiger partial charge in [-0.05, 0) is 40.0 Å². The van der Waals surface area contributed by atoms with Crippen LogP contribution in [0, 0.1) is 0 Å². The van der Waals surface area contributed by atoms with Gasteiger partial charge in [0.25, 0.3) is 0 Å². The number of nitrogens with two attached hydrogens (primary N) is 1. The summed E-state index contributed by atoms with van der Waals surface area (Å²) in [5.41, 5.74) is 8.45. The van der Waals surface area contributed by atoms with Crippen LogP contribution in [-0.4, -0.2) is 23.5 Å². The molecule has 0 amide bonds. The molecule has 108 valence electrons. The van der Waals surface area contributed by atoms with Gasteiger partial charge in [0.15, 0.2) is 0 Å². The Morgan fingerprint density at radius 3 is 2.75 bits per heavy atom. The Labute approximate surface area is 132 Å². The third kappa shape index (κ3) is 3.82. The molecular formula is C14H17BrClN3O. The maximum absolute atomic E-state index is 6.32. The monoisotopic (exact) mass is 357 g/mol. The standard InChI is InChI=1S/C14H17BrClN3O/c1-20-7-6-19-14(12(15)9-18-19)13(17)8-10-2-4-11(16)5-3-10/h2-5,9,13H,6-8,17H2,1H3. The van der Waals surface area contributed by atoms with Crippen LogP contribution in [0.5, 0.6) is 0 Å². The van der Waals surface area contributed by atoms with Gasteiger partial charge in [-0.15, -0.1) is 0 Å². The first kappa shape index (κ1) is 15.5. The molecule has 20 heavy (non-hydrogen) atoms. The van der Waals surface area contributed by atoms with Gasteiger partial charge in [-0.1, -0.05) is 23.7 Å². The molecule has 0 saturated heterocycles. The lowest BCUT2D eigenvalue weighted by Gasteiger charge is -2.15. The Balaban J connectivity index is 2.13. The first-order valence-electron chi connectivity index (χ1n) is 6.32. The van der Waals surface area contributed by atoms with E-state index in [0.29, 0.717) is 13.2 Å². The summed E-state index contributed by atoms with van der Waals surface area (Å²) in [4.78, 5) is 0. The SMILES string of the molecule is COCCn1ncc(Br)c1C(N)Cc1ccc(Cl)cc1. The van der Waals surface area contributed by atoms with Gasteiger partial charge in [0, 0.05) is 12.1 Å². The Bertz CT molecular complexity index is 556. The largest absolute Gasteiger partial charge is 0.383 e. The molecule has 0 saturated carbocycles. The summed E-state index contributed by atoms with van der Waals surface area (Å²) in [6.45, 7) is 1.29. The van der Waals surface area contributed by atoms with Crippen molar-refractivity contribution in [2.45, 2.75) is 19.0 Å². The molecule has 1 aromatic heterocycles. The molecule has 4 nitrogen and oxygen atoms in total. The molecule has 2 aromatic rings. The molecule has 2 N–H and O–H groups in total. The maximum Gasteiger partial charge on any atom is 0.0697 e. The molecule has 0 bridgehead atoms. The molecule has 0 aliphatic heterocycles. The lowest BCUT2D eigenvalue weighted by molar-refractivity contribution is 0.182. The Hall–Kier alpha value is -0.880. The lowest BCUT2D eigenvalue weighted by Crippen LogP contribution is -2.20. The van der Waals surface area contributed by atoms with Crippen LogP contribution in [0.1, 0.15) is 17.3 Å². The molecular weight excluding hydrogens is 342 g/mol. The molecule has 1 heterocycles. The zero-order valence-electron chi connectivity index (χ0n) is 11.2. The molecule has 0 aliphatic rings. The van der Waals surface area contributed by atoms with Crippen LogP contribution in [0.15, 0.2) is 34.9 Å². The summed E-state index contributed by atoms with van der Waals surface area (Å²) in [7, 11) is 1.67. The van der Waals surface area contributed by atoms with Crippen molar-refractivity contribution >= 4 is 27.5 Å². The van der Waals surface area contributed by atoms with Gasteiger partial charge in [0.2, 0.25) is 0 Å². The van der Waals surface area contributed by atoms with Gasteiger partial charge >= 0.3 is 0 Å². The van der Waals surface area contributed by atoms with Crippen molar-refractivity contribution < 1.29 is 4.74 Å². The van der Waals surface area contributed by atoms with Crippen LogP contribution in [0.3, 0.4) is 0 Å². The van der Waals surface area contributed by atoms with Crippen molar-refractivity contribution in [3.05, 3.63) is 51.2 Å². The molecule has 1 unspecified atom stereocenters. The van der Waals surface area contributed by atoms with Crippen molar-refractivity contribution in [1.82, 2.24) is 9.78 Å². The maximum atomic E-state index is 6.32. The number of aromatic nitrogens is 2. The molecule has 2 rings (SSSR count). The minimum atomic E-state index is -0.134. The highest BCUT2D eigenvalue weighted by atomic mass is 79.9. The highest BCUT2D eigenvalue weighted by Crippen LogP contribution is 2.25. The number of hydrogen-bond acceptors (Lipinski definition) is 3. The molecule has 0 radical (unpaired) electrons. The van der Waals surface area contributed by atoms with Gasteiger partial charge in [0.05, 0.1) is 35.6 Å². The summed E-state index contributed by atoms with van der Waals surface area (Å²) in [6, 6.07) is 7.60. The van der Waals surface area contributed by atoms with E-state index in [4.69, 9.17) is 22.1 Å². The minimum absolute atomic E-state index is 0.134. The molecule has 0 aliphatic carbocycles. The Kier molecular flexibility index (Phi) is 5.60. The van der Waals surface area contributed by atoms with Crippen molar-refractivity contribution in [1.29, 1.82) is 0 Å². The zero-order valence-corrected chi connectivity index (χ0v) is 13.6. The van der Waals surface area contributed by atoms with Gasteiger partial charge < -0.3 is 10.5 Å². The predicted octanol–water partition coefficient (Wildman–Crippen LogP) is 3.19. The van der Waals surface area contributed by atoms with Gasteiger partial charge in [-0.3, -0.25) is 4.68 Å². The summed E-state index contributed by atoms with van der Waals surface area (Å²) in [5, 5.41) is 5.05. The second-order valence-corrected chi connectivity index (χ2v) is 5.82. The second kappa shape index (κ2) is 7.22. The van der Waals surface area contributed by atoms with Crippen molar-refractivity contribution in [3.8, 4) is 0 Å². The highest BCUT2D eigenvalue weighted by Gasteiger charge is 2.17. The molecule has 1 atom stereocenters. The fourth-order valence-corrected chi connectivity index (χ4v) is 2.78. The van der Waals surface area contributed by atoms with Crippen LogP contribution in [0.4, 0.5) is 0 Å². The van der Waals surface area contributed by atoms with E-state index in [1.165, 1.54) is 0 Å². The zero-order chi connectivity index (χ0) is 14.5. The third-order valence-electron chi connectivity index (χ3n) is 3.06. The van der Waals surface area contributed by atoms with Crippen molar-refractivity contribution in [3.63, 3.8) is 0 Å². The summed E-state index contributed by atoms with van der Waals surface area (Å²) in [6.07, 6.45) is 2.50. The highest BCUT2D eigenvalue weighted by molar-refractivity contribution is 9.10. The van der Waals surface area contributed by atoms with E-state index in [1.54, 1.807) is 13.3 Å². The number of halogens is 2. The molecule has 6 heteroatoms. The normalized spacial score (nSPS) is 12.6. The Morgan fingerprint density at radius 2 is 2.10 bits per heavy atom. The first-order chi connectivity index (χ1) is 9.61. The van der Waals surface area contributed by atoms with E-state index in [0.717, 1.165) is 27.2 Å². The van der Waals surface area contributed by atoms with Crippen LogP contribution in [0.2, 0.25) is 5.02 Å². The second-order valence-electron chi connectivity index (χ2n) is 4.53. The quantitative estimate of drug-likeness (QED) is 0.863. The summed E-state index contributed by atoms with van der Waals surface area (Å²) >= 11 is 9.40. The molecule has 1 aromatic carbocycles. The number of methoxy groups -OCH3 is 1. The van der Waals surface area contributed by atoms with Crippen LogP contribution < -0.4 is 5.73 Å². The van der Waals surface area contributed by atoms with E-state index in [1.807, 2.05) is 28.9 Å². The van der Waals surface area contributed by atoms with Crippen molar-refractivity contribution in [2.24, 2.45) is 5.73 Å². The number of rotatable bonds is 6. The van der Waals surface area contributed by atoms with Gasteiger partial charge in [-0.25, -0.2) is 0 Å². The number of benzene rings is 1. The predicted molar refractivity (Wildman–Crippen MR) is 83.9 cm³/mol. The smallest absolute Gasteiger partial charge is 0.0697 e. The van der Waals surface area contributed by atoms with Gasteiger partial charge in [-0.2, -0.15) is 5.10 Å². The van der Waals surface area contributed by atoms with Crippen LogP contribution in [-0.2, 0) is 17.7 Å². The van der Waals surface area contributed by atoms with E-state index in [9.17, 15) is 0 Å². The average molecular weight is 359 g/mol. The summed E-state index contributed by atoms with van der Waals surface area (Å²) < 4.78 is 7.90. The third-order valence-corrected chi connectivity index (χ3v) is 3.92. The van der Waals surface area contributed by atoms with Crippen LogP contribution in [0.25, 0.3) is 0 Å².